The second-order valence-corrected chi connectivity index (χ2v) is 6.76. The first-order valence-electron chi connectivity index (χ1n) is 6.35. The van der Waals surface area contributed by atoms with Crippen LogP contribution in [0.15, 0.2) is 23.1 Å². The fourth-order valence-electron chi connectivity index (χ4n) is 2.00. The molecule has 1 heterocycles. The largest absolute Gasteiger partial charge is 0.370 e. The molecule has 0 unspecified atom stereocenters. The van der Waals surface area contributed by atoms with Crippen LogP contribution < -0.4 is 9.62 Å². The smallest absolute Gasteiger partial charge is 0.240 e. The fourth-order valence-corrected chi connectivity index (χ4v) is 3.30. The van der Waals surface area contributed by atoms with Crippen LogP contribution >= 0.6 is 11.6 Å². The van der Waals surface area contributed by atoms with Gasteiger partial charge in [-0.15, -0.1) is 0 Å². The number of benzene rings is 1. The van der Waals surface area contributed by atoms with Crippen LogP contribution in [0.25, 0.3) is 0 Å². The summed E-state index contributed by atoms with van der Waals surface area (Å²) in [6.07, 6.45) is 0. The molecule has 1 fully saturated rings. The van der Waals surface area contributed by atoms with Crippen LogP contribution in [-0.4, -0.2) is 47.8 Å². The van der Waals surface area contributed by atoms with Crippen molar-refractivity contribution in [3.63, 3.8) is 0 Å². The van der Waals surface area contributed by atoms with Gasteiger partial charge in [-0.3, -0.25) is 0 Å². The van der Waals surface area contributed by atoms with E-state index in [0.717, 1.165) is 25.2 Å². The van der Waals surface area contributed by atoms with Crippen LogP contribution in [0.1, 0.15) is 0 Å². The highest BCUT2D eigenvalue weighted by atomic mass is 35.5. The van der Waals surface area contributed by atoms with Gasteiger partial charge in [-0.25, -0.2) is 17.5 Å². The van der Waals surface area contributed by atoms with E-state index >= 15 is 0 Å². The molecule has 0 radical (unpaired) electrons. The second-order valence-electron chi connectivity index (χ2n) is 4.59. The number of quaternary nitrogens is 1. The minimum atomic E-state index is -3.65. The molecular weight excluding hydrogens is 307 g/mol. The summed E-state index contributed by atoms with van der Waals surface area (Å²) in [6, 6.07) is 3.36. The van der Waals surface area contributed by atoms with Crippen LogP contribution in [0.2, 0.25) is 5.02 Å². The number of hydrogen-bond donors (Lipinski definition) is 2. The Morgan fingerprint density at radius 2 is 2.05 bits per heavy atom. The van der Waals surface area contributed by atoms with Gasteiger partial charge in [0.2, 0.25) is 10.0 Å². The van der Waals surface area contributed by atoms with E-state index in [9.17, 15) is 12.8 Å². The van der Waals surface area contributed by atoms with Gasteiger partial charge in [0.15, 0.2) is 0 Å². The maximum Gasteiger partial charge on any atom is 0.240 e. The van der Waals surface area contributed by atoms with Crippen molar-refractivity contribution in [3.8, 4) is 0 Å². The Morgan fingerprint density at radius 3 is 2.70 bits per heavy atom. The molecule has 0 bridgehead atoms. The van der Waals surface area contributed by atoms with Gasteiger partial charge in [0.1, 0.15) is 18.9 Å². The van der Waals surface area contributed by atoms with Crippen LogP contribution in [0.3, 0.4) is 0 Å². The summed E-state index contributed by atoms with van der Waals surface area (Å²) in [5, 5.41) is -0.202. The first-order chi connectivity index (χ1) is 9.49. The molecule has 8 heteroatoms. The number of nitrogens with one attached hydrogen (secondary N) is 2. The highest BCUT2D eigenvalue weighted by Gasteiger charge is 2.18. The van der Waals surface area contributed by atoms with Crippen LogP contribution in [-0.2, 0) is 14.8 Å². The molecule has 1 aliphatic rings. The minimum absolute atomic E-state index is 0.0270. The van der Waals surface area contributed by atoms with Crippen molar-refractivity contribution in [1.29, 1.82) is 0 Å². The Morgan fingerprint density at radius 1 is 1.35 bits per heavy atom. The molecule has 1 aliphatic heterocycles. The van der Waals surface area contributed by atoms with Crippen molar-refractivity contribution < 1.29 is 22.4 Å². The summed E-state index contributed by atoms with van der Waals surface area (Å²) in [4.78, 5) is 1.27. The van der Waals surface area contributed by atoms with Gasteiger partial charge in [0.05, 0.1) is 36.2 Å². The lowest BCUT2D eigenvalue weighted by molar-refractivity contribution is -0.906. The van der Waals surface area contributed by atoms with Crippen LogP contribution in [0.5, 0.6) is 0 Å². The molecular formula is C12H17ClFN2O3S+. The molecule has 1 aromatic carbocycles. The van der Waals surface area contributed by atoms with Gasteiger partial charge in [-0.1, -0.05) is 11.6 Å². The van der Waals surface area contributed by atoms with Crippen molar-refractivity contribution in [2.24, 2.45) is 0 Å². The summed E-state index contributed by atoms with van der Waals surface area (Å²) in [6.45, 7) is 4.18. The number of morpholine rings is 1. The average molecular weight is 324 g/mol. The van der Waals surface area contributed by atoms with E-state index in [1.165, 1.54) is 11.0 Å². The van der Waals surface area contributed by atoms with E-state index in [-0.39, 0.29) is 9.92 Å². The molecule has 0 amide bonds. The Labute approximate surface area is 122 Å². The third kappa shape index (κ3) is 4.13. The van der Waals surface area contributed by atoms with Crippen LogP contribution in [0, 0.1) is 5.82 Å². The molecule has 1 saturated heterocycles. The molecule has 20 heavy (non-hydrogen) atoms. The SMILES string of the molecule is O=S(=O)(NCC[NH+]1CCOCC1)c1ccc(F)c(Cl)c1. The molecule has 1 aromatic rings. The predicted octanol–water partition coefficient (Wildman–Crippen LogP) is -0.327. The van der Waals surface area contributed by atoms with E-state index in [4.69, 9.17) is 16.3 Å². The van der Waals surface area contributed by atoms with Gasteiger partial charge in [0.25, 0.3) is 0 Å². The summed E-state index contributed by atoms with van der Waals surface area (Å²) in [7, 11) is -3.65. The van der Waals surface area contributed by atoms with E-state index < -0.39 is 15.8 Å². The molecule has 0 saturated carbocycles. The lowest BCUT2D eigenvalue weighted by Crippen LogP contribution is -3.14. The van der Waals surface area contributed by atoms with Gasteiger partial charge in [-0.05, 0) is 18.2 Å². The molecule has 0 aromatic heterocycles. The fraction of sp³-hybridized carbons (Fsp3) is 0.500. The Kier molecular flexibility index (Phi) is 5.34. The summed E-state index contributed by atoms with van der Waals surface area (Å²) in [5.41, 5.74) is 0. The van der Waals surface area contributed by atoms with E-state index in [0.29, 0.717) is 26.3 Å². The monoisotopic (exact) mass is 323 g/mol. The molecule has 2 rings (SSSR count). The summed E-state index contributed by atoms with van der Waals surface area (Å²) in [5.74, 6) is -0.636. The second kappa shape index (κ2) is 6.82. The topological polar surface area (TPSA) is 59.8 Å². The van der Waals surface area contributed by atoms with Crippen molar-refractivity contribution >= 4 is 21.6 Å². The minimum Gasteiger partial charge on any atom is -0.370 e. The zero-order chi connectivity index (χ0) is 14.6. The normalized spacial score (nSPS) is 17.3. The summed E-state index contributed by atoms with van der Waals surface area (Å²) < 4.78 is 44.8. The Balaban J connectivity index is 1.91. The maximum absolute atomic E-state index is 13.0. The molecule has 0 spiro atoms. The molecule has 5 nitrogen and oxygen atoms in total. The highest BCUT2D eigenvalue weighted by Crippen LogP contribution is 2.18. The number of ether oxygens (including phenoxy) is 1. The lowest BCUT2D eigenvalue weighted by Gasteiger charge is -2.23. The highest BCUT2D eigenvalue weighted by molar-refractivity contribution is 7.89. The zero-order valence-corrected chi connectivity index (χ0v) is 12.4. The molecule has 0 aliphatic carbocycles. The number of rotatable bonds is 5. The van der Waals surface area contributed by atoms with Gasteiger partial charge < -0.3 is 9.64 Å². The Hall–Kier alpha value is -0.730. The van der Waals surface area contributed by atoms with Crippen molar-refractivity contribution in [3.05, 3.63) is 29.0 Å². The first-order valence-corrected chi connectivity index (χ1v) is 8.21. The quantitative estimate of drug-likeness (QED) is 0.780. The summed E-state index contributed by atoms with van der Waals surface area (Å²) >= 11 is 5.59. The zero-order valence-electron chi connectivity index (χ0n) is 10.9. The predicted molar refractivity (Wildman–Crippen MR) is 73.0 cm³/mol. The van der Waals surface area contributed by atoms with Crippen molar-refractivity contribution in [2.75, 3.05) is 39.4 Å². The molecule has 2 N–H and O–H groups in total. The van der Waals surface area contributed by atoms with Crippen LogP contribution in [0.4, 0.5) is 4.39 Å². The third-order valence-corrected chi connectivity index (χ3v) is 4.92. The van der Waals surface area contributed by atoms with E-state index in [1.54, 1.807) is 0 Å². The first kappa shape index (κ1) is 15.7. The molecule has 112 valence electrons. The Bertz CT molecular complexity index is 562. The van der Waals surface area contributed by atoms with E-state index in [1.807, 2.05) is 0 Å². The van der Waals surface area contributed by atoms with Gasteiger partial charge in [-0.2, -0.15) is 0 Å². The average Bonchev–Trinajstić information content (AvgIpc) is 2.43. The molecule has 0 atom stereocenters. The maximum atomic E-state index is 13.0. The van der Waals surface area contributed by atoms with Crippen molar-refractivity contribution in [2.45, 2.75) is 4.90 Å². The van der Waals surface area contributed by atoms with E-state index in [2.05, 4.69) is 4.72 Å². The number of sulfonamides is 1. The lowest BCUT2D eigenvalue weighted by atomic mass is 10.3. The van der Waals surface area contributed by atoms with Gasteiger partial charge in [0, 0.05) is 0 Å². The number of hydrogen-bond acceptors (Lipinski definition) is 3. The number of halogens is 2. The van der Waals surface area contributed by atoms with Gasteiger partial charge >= 0.3 is 0 Å². The van der Waals surface area contributed by atoms with Crippen molar-refractivity contribution in [1.82, 2.24) is 4.72 Å². The third-order valence-electron chi connectivity index (χ3n) is 3.17. The standard InChI is InChI=1S/C12H16ClFN2O3S/c13-11-9-10(1-2-12(11)14)20(17,18)15-3-4-16-5-7-19-8-6-16/h1-2,9,15H,3-8H2/p+1.